The summed E-state index contributed by atoms with van der Waals surface area (Å²) < 4.78 is 13.0. The van der Waals surface area contributed by atoms with Crippen molar-refractivity contribution >= 4 is 0 Å². The van der Waals surface area contributed by atoms with E-state index in [1.807, 2.05) is 0 Å². The predicted octanol–water partition coefficient (Wildman–Crippen LogP) is 2.81. The molecule has 0 amide bonds. The molecule has 0 unspecified atom stereocenters. The first-order valence-electron chi connectivity index (χ1n) is 9.12. The van der Waals surface area contributed by atoms with Gasteiger partial charge in [0.2, 0.25) is 0 Å². The van der Waals surface area contributed by atoms with Gasteiger partial charge in [-0.05, 0) is 68.8 Å². The van der Waals surface area contributed by atoms with E-state index in [1.54, 1.807) is 12.1 Å². The molecule has 3 nitrogen and oxygen atoms in total. The molecule has 3 aliphatic rings. The van der Waals surface area contributed by atoms with E-state index < -0.39 is 6.10 Å². The molecule has 0 aromatic heterocycles. The van der Waals surface area contributed by atoms with Crippen molar-refractivity contribution in [3.63, 3.8) is 0 Å². The lowest BCUT2D eigenvalue weighted by molar-refractivity contribution is 0.00230. The summed E-state index contributed by atoms with van der Waals surface area (Å²) in [5, 5.41) is 10.4. The number of hydrogen-bond acceptors (Lipinski definition) is 3. The van der Waals surface area contributed by atoms with Crippen LogP contribution in [-0.4, -0.2) is 53.2 Å². The second-order valence-electron chi connectivity index (χ2n) is 7.55. The van der Waals surface area contributed by atoms with Gasteiger partial charge in [-0.15, -0.1) is 0 Å². The minimum absolute atomic E-state index is 0.246. The lowest BCUT2D eigenvalue weighted by atomic mass is 9.83. The topological polar surface area (TPSA) is 26.7 Å². The molecule has 1 N–H and O–H groups in total. The Kier molecular flexibility index (Phi) is 4.39. The molecule has 3 atom stereocenters. The number of rotatable bonds is 4. The second kappa shape index (κ2) is 6.50. The van der Waals surface area contributed by atoms with Crippen molar-refractivity contribution in [1.29, 1.82) is 0 Å². The van der Waals surface area contributed by atoms with Crippen LogP contribution in [0.5, 0.6) is 0 Å². The average molecular weight is 318 g/mol. The molecule has 2 aliphatic heterocycles. The molecule has 3 fully saturated rings. The van der Waals surface area contributed by atoms with Crippen LogP contribution >= 0.6 is 0 Å². The highest BCUT2D eigenvalue weighted by atomic mass is 19.1. The van der Waals surface area contributed by atoms with E-state index in [2.05, 4.69) is 9.80 Å². The SMILES string of the molecule is O[C@H](CN1CC[C@@H]2[C@@H](CCCN2C2CC2)C1)c1ccc(F)cc1. The average Bonchev–Trinajstić information content (AvgIpc) is 3.39. The number of aliphatic hydroxyl groups excluding tert-OH is 1. The minimum Gasteiger partial charge on any atom is -0.387 e. The van der Waals surface area contributed by atoms with Gasteiger partial charge in [0.15, 0.2) is 0 Å². The van der Waals surface area contributed by atoms with Gasteiger partial charge < -0.3 is 10.0 Å². The fraction of sp³-hybridized carbons (Fsp3) is 0.684. The van der Waals surface area contributed by atoms with Crippen LogP contribution in [0.2, 0.25) is 0 Å². The molecule has 4 heteroatoms. The highest BCUT2D eigenvalue weighted by Crippen LogP contribution is 2.38. The summed E-state index contributed by atoms with van der Waals surface area (Å²) in [6.45, 7) is 4.14. The van der Waals surface area contributed by atoms with Crippen LogP contribution in [0.4, 0.5) is 4.39 Å². The molecule has 1 aliphatic carbocycles. The number of nitrogens with zero attached hydrogens (tertiary/aromatic N) is 2. The van der Waals surface area contributed by atoms with Crippen LogP contribution in [0, 0.1) is 11.7 Å². The van der Waals surface area contributed by atoms with Gasteiger partial charge in [-0.2, -0.15) is 0 Å². The Balaban J connectivity index is 1.35. The zero-order valence-electron chi connectivity index (χ0n) is 13.7. The fourth-order valence-corrected chi connectivity index (χ4v) is 4.58. The summed E-state index contributed by atoms with van der Waals surface area (Å²) in [5.41, 5.74) is 0.816. The molecule has 0 bridgehead atoms. The van der Waals surface area contributed by atoms with Crippen LogP contribution in [0.3, 0.4) is 0 Å². The maximum atomic E-state index is 13.0. The third kappa shape index (κ3) is 3.44. The Morgan fingerprint density at radius 2 is 1.87 bits per heavy atom. The van der Waals surface area contributed by atoms with Gasteiger partial charge in [-0.25, -0.2) is 4.39 Å². The van der Waals surface area contributed by atoms with Crippen molar-refractivity contribution in [1.82, 2.24) is 9.80 Å². The normalized spacial score (nSPS) is 30.9. The van der Waals surface area contributed by atoms with Gasteiger partial charge in [-0.1, -0.05) is 12.1 Å². The minimum atomic E-state index is -0.518. The molecule has 1 saturated carbocycles. The van der Waals surface area contributed by atoms with E-state index in [-0.39, 0.29) is 5.82 Å². The standard InChI is InChI=1S/C19H27FN2O/c20-16-5-3-14(4-6-16)19(23)13-21-11-9-18-15(12-21)2-1-10-22(18)17-7-8-17/h3-6,15,17-19,23H,1-2,7-13H2/t15-,18+,19+/m0/s1. The number of piperidine rings is 2. The number of fused-ring (bicyclic) bond motifs is 1. The molecule has 0 radical (unpaired) electrons. The smallest absolute Gasteiger partial charge is 0.123 e. The highest BCUT2D eigenvalue weighted by molar-refractivity contribution is 5.18. The van der Waals surface area contributed by atoms with E-state index in [1.165, 1.54) is 50.8 Å². The Morgan fingerprint density at radius 3 is 2.61 bits per heavy atom. The summed E-state index contributed by atoms with van der Waals surface area (Å²) in [5.74, 6) is 0.516. The third-order valence-electron chi connectivity index (χ3n) is 5.90. The van der Waals surface area contributed by atoms with Crippen molar-refractivity contribution < 1.29 is 9.50 Å². The van der Waals surface area contributed by atoms with Crippen LogP contribution in [-0.2, 0) is 0 Å². The van der Waals surface area contributed by atoms with E-state index in [0.717, 1.165) is 36.7 Å². The monoisotopic (exact) mass is 318 g/mol. The zero-order valence-corrected chi connectivity index (χ0v) is 13.7. The molecule has 1 aromatic rings. The maximum Gasteiger partial charge on any atom is 0.123 e. The number of benzene rings is 1. The number of aliphatic hydroxyl groups is 1. The van der Waals surface area contributed by atoms with E-state index >= 15 is 0 Å². The molecule has 2 heterocycles. The molecule has 1 aromatic carbocycles. The number of halogens is 1. The Labute approximate surface area is 138 Å². The summed E-state index contributed by atoms with van der Waals surface area (Å²) in [7, 11) is 0. The molecule has 126 valence electrons. The molecule has 0 spiro atoms. The number of hydrogen-bond donors (Lipinski definition) is 1. The predicted molar refractivity (Wildman–Crippen MR) is 88.7 cm³/mol. The van der Waals surface area contributed by atoms with Crippen LogP contribution in [0.25, 0.3) is 0 Å². The number of likely N-dealkylation sites (tertiary alicyclic amines) is 2. The summed E-state index contributed by atoms with van der Waals surface area (Å²) in [6.07, 6.45) is 6.17. The van der Waals surface area contributed by atoms with Crippen LogP contribution < -0.4 is 0 Å². The van der Waals surface area contributed by atoms with Gasteiger partial charge in [0, 0.05) is 25.2 Å². The Hall–Kier alpha value is -0.970. The third-order valence-corrected chi connectivity index (χ3v) is 5.90. The summed E-state index contributed by atoms with van der Waals surface area (Å²) in [6, 6.07) is 7.90. The highest BCUT2D eigenvalue weighted by Gasteiger charge is 2.42. The molecule has 2 saturated heterocycles. The molecular formula is C19H27FN2O. The quantitative estimate of drug-likeness (QED) is 0.925. The first-order valence-corrected chi connectivity index (χ1v) is 9.12. The van der Waals surface area contributed by atoms with Crippen molar-refractivity contribution in [3.8, 4) is 0 Å². The van der Waals surface area contributed by atoms with Gasteiger partial charge in [0.1, 0.15) is 5.82 Å². The summed E-state index contributed by atoms with van der Waals surface area (Å²) in [4.78, 5) is 5.19. The largest absolute Gasteiger partial charge is 0.387 e. The number of β-amino-alcohol motifs (C(OH)–C–C–N with tert-alkyl or cyclic N) is 1. The molecule has 4 rings (SSSR count). The Bertz CT molecular complexity index is 531. The van der Waals surface area contributed by atoms with Gasteiger partial charge in [-0.3, -0.25) is 4.90 Å². The first kappa shape index (κ1) is 15.6. The van der Waals surface area contributed by atoms with Crippen molar-refractivity contribution in [3.05, 3.63) is 35.6 Å². The lowest BCUT2D eigenvalue weighted by Crippen LogP contribution is -2.55. The maximum absolute atomic E-state index is 13.0. The fourth-order valence-electron chi connectivity index (χ4n) is 4.58. The van der Waals surface area contributed by atoms with E-state index in [9.17, 15) is 9.50 Å². The van der Waals surface area contributed by atoms with Gasteiger partial charge in [0.25, 0.3) is 0 Å². The van der Waals surface area contributed by atoms with E-state index in [4.69, 9.17) is 0 Å². The van der Waals surface area contributed by atoms with E-state index in [0.29, 0.717) is 6.54 Å². The molecular weight excluding hydrogens is 291 g/mol. The Morgan fingerprint density at radius 1 is 1.09 bits per heavy atom. The second-order valence-corrected chi connectivity index (χ2v) is 7.55. The summed E-state index contributed by atoms with van der Waals surface area (Å²) >= 11 is 0. The van der Waals surface area contributed by atoms with Gasteiger partial charge >= 0.3 is 0 Å². The molecule has 23 heavy (non-hydrogen) atoms. The van der Waals surface area contributed by atoms with Crippen molar-refractivity contribution in [2.45, 2.75) is 50.3 Å². The van der Waals surface area contributed by atoms with Crippen molar-refractivity contribution in [2.24, 2.45) is 5.92 Å². The van der Waals surface area contributed by atoms with Gasteiger partial charge in [0.05, 0.1) is 6.10 Å². The first-order chi connectivity index (χ1) is 11.2. The zero-order chi connectivity index (χ0) is 15.8. The van der Waals surface area contributed by atoms with Crippen molar-refractivity contribution in [2.75, 3.05) is 26.2 Å². The lowest BCUT2D eigenvalue weighted by Gasteiger charge is -2.48. The van der Waals surface area contributed by atoms with Crippen LogP contribution in [0.1, 0.15) is 43.8 Å². The van der Waals surface area contributed by atoms with Crippen LogP contribution in [0.15, 0.2) is 24.3 Å².